The van der Waals surface area contributed by atoms with E-state index in [9.17, 15) is 5.11 Å². The van der Waals surface area contributed by atoms with Crippen LogP contribution in [0, 0.1) is 5.41 Å². The van der Waals surface area contributed by atoms with Crippen LogP contribution in [0.3, 0.4) is 0 Å². The summed E-state index contributed by atoms with van der Waals surface area (Å²) in [5, 5.41) is 20.7. The quantitative estimate of drug-likeness (QED) is 0.277. The number of H-pyrrole nitrogens is 1. The zero-order chi connectivity index (χ0) is 28.6. The standard InChI is InChI=1S/C30H38N8O.CH4O/c31-25(22-3-1-2-4-27(22)39)11-23-24-16-38(10-7-26(24)36-28(23)32)29-34-14-20(15-35-29)19-5-8-37(9-6-19)21-12-30(13-21)17-33-18-30;1-2/h1-4,11,14-15,19,21,33,36,39H,5-10,12-13,16-18,31-32H2;2H,1H3/b25-11-;. The van der Waals surface area contributed by atoms with Crippen molar-refractivity contribution in [3.8, 4) is 5.75 Å². The van der Waals surface area contributed by atoms with E-state index >= 15 is 0 Å². The number of nitrogens with two attached hydrogens (primary N) is 2. The number of aromatic hydroxyl groups is 1. The van der Waals surface area contributed by atoms with Gasteiger partial charge < -0.3 is 41.8 Å². The molecule has 2 saturated heterocycles. The number of piperidine rings is 1. The van der Waals surface area contributed by atoms with Gasteiger partial charge in [-0.05, 0) is 73.9 Å². The van der Waals surface area contributed by atoms with E-state index in [-0.39, 0.29) is 5.75 Å². The number of nitrogens with zero attached hydrogens (tertiary/aromatic N) is 4. The molecule has 1 aromatic carbocycles. The number of hydrogen-bond donors (Lipinski definition) is 6. The number of nitrogens with one attached hydrogen (secondary N) is 2. The van der Waals surface area contributed by atoms with E-state index in [1.165, 1.54) is 57.4 Å². The Balaban J connectivity index is 0.00000148. The lowest BCUT2D eigenvalue weighted by Crippen LogP contribution is -2.65. The number of aliphatic hydroxyl groups excluding tert-OH is 1. The number of nitrogen functional groups attached to an aromatic ring is 1. The molecule has 2 aromatic heterocycles. The highest BCUT2D eigenvalue weighted by molar-refractivity contribution is 5.86. The first kappa shape index (κ1) is 27.6. The highest BCUT2D eigenvalue weighted by atomic mass is 16.3. The first-order chi connectivity index (χ1) is 20.0. The van der Waals surface area contributed by atoms with E-state index in [1.54, 1.807) is 18.2 Å². The average Bonchev–Trinajstić information content (AvgIpc) is 3.27. The number of phenols is 1. The molecule has 218 valence electrons. The number of anilines is 2. The zero-order valence-electron chi connectivity index (χ0n) is 23.8. The van der Waals surface area contributed by atoms with Crippen LogP contribution < -0.4 is 21.7 Å². The van der Waals surface area contributed by atoms with Gasteiger partial charge in [0.15, 0.2) is 0 Å². The van der Waals surface area contributed by atoms with E-state index < -0.39 is 0 Å². The molecule has 7 rings (SSSR count). The Morgan fingerprint density at radius 1 is 1.07 bits per heavy atom. The van der Waals surface area contributed by atoms with Gasteiger partial charge in [0.1, 0.15) is 11.6 Å². The Bertz CT molecular complexity index is 1380. The normalized spacial score (nSPS) is 21.0. The molecule has 1 aliphatic carbocycles. The minimum absolute atomic E-state index is 0.151. The third kappa shape index (κ3) is 5.27. The van der Waals surface area contributed by atoms with Crippen LogP contribution in [-0.4, -0.2) is 75.9 Å². The Labute approximate surface area is 241 Å². The molecule has 0 bridgehead atoms. The van der Waals surface area contributed by atoms with E-state index in [1.807, 2.05) is 24.5 Å². The maximum atomic E-state index is 10.2. The highest BCUT2D eigenvalue weighted by Crippen LogP contribution is 2.47. The molecule has 10 heteroatoms. The summed E-state index contributed by atoms with van der Waals surface area (Å²) in [5.74, 6) is 2.03. The van der Waals surface area contributed by atoms with Crippen LogP contribution in [0.2, 0.25) is 0 Å². The lowest BCUT2D eigenvalue weighted by Gasteiger charge is -2.58. The first-order valence-electron chi connectivity index (χ1n) is 14.7. The molecule has 3 aromatic rings. The molecule has 0 atom stereocenters. The van der Waals surface area contributed by atoms with Crippen molar-refractivity contribution in [3.05, 3.63) is 64.6 Å². The van der Waals surface area contributed by atoms with Crippen molar-refractivity contribution in [2.45, 2.75) is 50.6 Å². The number of benzene rings is 1. The summed E-state index contributed by atoms with van der Waals surface area (Å²) in [6.45, 7) is 6.29. The molecule has 0 unspecified atom stereocenters. The van der Waals surface area contributed by atoms with E-state index in [2.05, 4.69) is 20.1 Å². The molecule has 5 heterocycles. The van der Waals surface area contributed by atoms with Gasteiger partial charge >= 0.3 is 0 Å². The number of hydrogen-bond acceptors (Lipinski definition) is 9. The Hall–Kier alpha value is -3.60. The topological polar surface area (TPSA) is 153 Å². The molecule has 41 heavy (non-hydrogen) atoms. The smallest absolute Gasteiger partial charge is 0.225 e. The van der Waals surface area contributed by atoms with Gasteiger partial charge in [-0.15, -0.1) is 0 Å². The van der Waals surface area contributed by atoms with Crippen molar-refractivity contribution in [3.63, 3.8) is 0 Å². The van der Waals surface area contributed by atoms with Gasteiger partial charge in [-0.3, -0.25) is 0 Å². The Kier molecular flexibility index (Phi) is 7.63. The van der Waals surface area contributed by atoms with Crippen molar-refractivity contribution < 1.29 is 10.2 Å². The van der Waals surface area contributed by atoms with Crippen molar-refractivity contribution in [1.82, 2.24) is 25.2 Å². The van der Waals surface area contributed by atoms with Gasteiger partial charge in [-0.25, -0.2) is 9.97 Å². The number of aromatic amines is 1. The fourth-order valence-electron chi connectivity index (χ4n) is 7.10. The first-order valence-corrected chi connectivity index (χ1v) is 14.7. The maximum absolute atomic E-state index is 10.2. The highest BCUT2D eigenvalue weighted by Gasteiger charge is 2.50. The molecule has 0 amide bonds. The van der Waals surface area contributed by atoms with Gasteiger partial charge in [0.2, 0.25) is 5.95 Å². The SMILES string of the molecule is CO.N/C(=C\c1c(N)[nH]c2c1CN(c1ncc(C3CCN(C4CC5(CNC5)C4)CC3)cn1)CC2)c1ccccc1O. The largest absolute Gasteiger partial charge is 0.507 e. The average molecular weight is 559 g/mol. The number of rotatable bonds is 5. The molecule has 8 N–H and O–H groups in total. The van der Waals surface area contributed by atoms with Gasteiger partial charge in [0, 0.05) is 86.2 Å². The van der Waals surface area contributed by atoms with Gasteiger partial charge in [-0.2, -0.15) is 0 Å². The summed E-state index contributed by atoms with van der Waals surface area (Å²) in [7, 11) is 1.00. The molecule has 10 nitrogen and oxygen atoms in total. The Morgan fingerprint density at radius 3 is 2.44 bits per heavy atom. The second-order valence-corrected chi connectivity index (χ2v) is 12.0. The van der Waals surface area contributed by atoms with E-state index in [0.29, 0.717) is 35.0 Å². The van der Waals surface area contributed by atoms with Crippen molar-refractivity contribution in [2.75, 3.05) is 50.5 Å². The minimum atomic E-state index is 0.151. The van der Waals surface area contributed by atoms with Crippen LogP contribution >= 0.6 is 0 Å². The number of phenolic OH excluding ortho intramolecular Hbond substituents is 1. The Morgan fingerprint density at radius 2 is 1.78 bits per heavy atom. The number of likely N-dealkylation sites (tertiary alicyclic amines) is 1. The second kappa shape index (κ2) is 11.3. The molecule has 1 spiro atoms. The zero-order valence-corrected chi connectivity index (χ0v) is 23.8. The molecule has 3 fully saturated rings. The molecule has 4 aliphatic rings. The predicted molar refractivity (Wildman–Crippen MR) is 162 cm³/mol. The predicted octanol–water partition coefficient (Wildman–Crippen LogP) is 2.65. The number of aliphatic hydroxyl groups is 1. The lowest BCUT2D eigenvalue weighted by molar-refractivity contribution is -0.0432. The van der Waals surface area contributed by atoms with Gasteiger partial charge in [0.25, 0.3) is 0 Å². The summed E-state index contributed by atoms with van der Waals surface area (Å²) in [6.07, 6.45) is 11.9. The molecule has 0 radical (unpaired) electrons. The van der Waals surface area contributed by atoms with Crippen molar-refractivity contribution >= 4 is 23.5 Å². The van der Waals surface area contributed by atoms with Crippen LogP contribution in [-0.2, 0) is 13.0 Å². The van der Waals surface area contributed by atoms with E-state index in [4.69, 9.17) is 26.5 Å². The maximum Gasteiger partial charge on any atom is 0.225 e. The van der Waals surface area contributed by atoms with Crippen LogP contribution in [0.4, 0.5) is 11.8 Å². The third-order valence-electron chi connectivity index (χ3n) is 9.56. The third-order valence-corrected chi connectivity index (χ3v) is 9.56. The van der Waals surface area contributed by atoms with E-state index in [0.717, 1.165) is 48.9 Å². The van der Waals surface area contributed by atoms with Crippen LogP contribution in [0.25, 0.3) is 11.8 Å². The molecular weight excluding hydrogens is 516 g/mol. The van der Waals surface area contributed by atoms with Crippen molar-refractivity contribution in [2.24, 2.45) is 11.1 Å². The summed E-state index contributed by atoms with van der Waals surface area (Å²) in [5.41, 5.74) is 18.8. The van der Waals surface area contributed by atoms with Crippen LogP contribution in [0.1, 0.15) is 59.5 Å². The van der Waals surface area contributed by atoms with Crippen LogP contribution in [0.5, 0.6) is 5.75 Å². The molecule has 1 saturated carbocycles. The summed E-state index contributed by atoms with van der Waals surface area (Å²) >= 11 is 0. The summed E-state index contributed by atoms with van der Waals surface area (Å²) in [4.78, 5) is 17.9. The summed E-state index contributed by atoms with van der Waals surface area (Å²) < 4.78 is 0. The molecule has 3 aliphatic heterocycles. The fraction of sp³-hybridized carbons (Fsp3) is 0.484. The fourth-order valence-corrected chi connectivity index (χ4v) is 7.10. The minimum Gasteiger partial charge on any atom is -0.507 e. The lowest BCUT2D eigenvalue weighted by atomic mass is 9.61. The summed E-state index contributed by atoms with van der Waals surface area (Å²) in [6, 6.07) is 7.87. The molecular formula is C31H42N8O2. The van der Waals surface area contributed by atoms with Crippen molar-refractivity contribution in [1.29, 1.82) is 0 Å². The second-order valence-electron chi connectivity index (χ2n) is 12.0. The number of fused-ring (bicyclic) bond motifs is 1. The van der Waals surface area contributed by atoms with Crippen LogP contribution in [0.15, 0.2) is 36.7 Å². The number of aromatic nitrogens is 3. The van der Waals surface area contributed by atoms with Gasteiger partial charge in [0.05, 0.1) is 0 Å². The number of para-hydroxylation sites is 1. The monoisotopic (exact) mass is 558 g/mol. The van der Waals surface area contributed by atoms with Gasteiger partial charge in [-0.1, -0.05) is 12.1 Å².